The fraction of sp³-hybridized carbons (Fsp3) is 0.480. The molecule has 0 spiro atoms. The zero-order valence-electron chi connectivity index (χ0n) is 18.7. The van der Waals surface area contributed by atoms with Gasteiger partial charge in [-0.2, -0.15) is 0 Å². The van der Waals surface area contributed by atoms with Crippen molar-refractivity contribution in [1.29, 1.82) is 0 Å². The van der Waals surface area contributed by atoms with Crippen LogP contribution in [0.4, 0.5) is 0 Å². The van der Waals surface area contributed by atoms with Gasteiger partial charge >= 0.3 is 0 Å². The molecule has 2 aliphatic rings. The van der Waals surface area contributed by atoms with Crippen LogP contribution in [0.5, 0.6) is 17.2 Å². The Kier molecular flexibility index (Phi) is 6.66. The smallest absolute Gasteiger partial charge is 0.227 e. The summed E-state index contributed by atoms with van der Waals surface area (Å²) in [6.45, 7) is 4.08. The van der Waals surface area contributed by atoms with E-state index in [-0.39, 0.29) is 5.92 Å². The van der Waals surface area contributed by atoms with Gasteiger partial charge in [-0.15, -0.1) is 0 Å². The van der Waals surface area contributed by atoms with Crippen LogP contribution in [0.15, 0.2) is 36.4 Å². The highest BCUT2D eigenvalue weighted by Gasteiger charge is 2.31. The number of amides is 1. The molecule has 0 bridgehead atoms. The van der Waals surface area contributed by atoms with Crippen LogP contribution in [0.2, 0.25) is 0 Å². The Morgan fingerprint density at radius 3 is 2.39 bits per heavy atom. The van der Waals surface area contributed by atoms with Crippen molar-refractivity contribution in [2.24, 2.45) is 5.92 Å². The molecule has 1 fully saturated rings. The molecule has 0 N–H and O–H groups in total. The fourth-order valence-corrected chi connectivity index (χ4v) is 4.83. The van der Waals surface area contributed by atoms with Crippen molar-refractivity contribution in [3.8, 4) is 17.2 Å². The third kappa shape index (κ3) is 4.64. The van der Waals surface area contributed by atoms with E-state index < -0.39 is 0 Å². The van der Waals surface area contributed by atoms with E-state index in [1.165, 1.54) is 11.1 Å². The predicted molar refractivity (Wildman–Crippen MR) is 120 cm³/mol. The van der Waals surface area contributed by atoms with Crippen LogP contribution in [0.25, 0.3) is 0 Å². The molecule has 0 aliphatic carbocycles. The van der Waals surface area contributed by atoms with Crippen LogP contribution in [0.1, 0.15) is 29.5 Å². The summed E-state index contributed by atoms with van der Waals surface area (Å²) in [5.74, 6) is 2.28. The molecule has 6 nitrogen and oxygen atoms in total. The lowest BCUT2D eigenvalue weighted by Gasteiger charge is -2.36. The summed E-state index contributed by atoms with van der Waals surface area (Å²) in [5, 5.41) is 0. The molecule has 0 radical (unpaired) electrons. The zero-order chi connectivity index (χ0) is 21.8. The molecule has 2 aromatic carbocycles. The summed E-state index contributed by atoms with van der Waals surface area (Å²) < 4.78 is 16.4. The third-order valence-corrected chi connectivity index (χ3v) is 6.43. The van der Waals surface area contributed by atoms with Gasteiger partial charge in [0.05, 0.1) is 27.2 Å². The molecular weight excluding hydrogens is 392 g/mol. The van der Waals surface area contributed by atoms with Crippen LogP contribution in [-0.2, 0) is 24.3 Å². The summed E-state index contributed by atoms with van der Waals surface area (Å²) in [7, 11) is 4.88. The van der Waals surface area contributed by atoms with E-state index in [0.717, 1.165) is 57.5 Å². The number of carbonyl (C=O) groups is 1. The first-order chi connectivity index (χ1) is 15.1. The van der Waals surface area contributed by atoms with Gasteiger partial charge in [-0.1, -0.05) is 24.3 Å². The summed E-state index contributed by atoms with van der Waals surface area (Å²) >= 11 is 0. The van der Waals surface area contributed by atoms with Crippen LogP contribution in [0, 0.1) is 5.92 Å². The minimum absolute atomic E-state index is 0.0565. The lowest BCUT2D eigenvalue weighted by molar-refractivity contribution is -0.138. The Bertz CT molecular complexity index is 904. The van der Waals surface area contributed by atoms with Gasteiger partial charge in [0.2, 0.25) is 11.7 Å². The number of methoxy groups -OCH3 is 3. The maximum Gasteiger partial charge on any atom is 0.227 e. The highest BCUT2D eigenvalue weighted by Crippen LogP contribution is 2.38. The number of fused-ring (bicyclic) bond motifs is 1. The first kappa shape index (κ1) is 21.5. The van der Waals surface area contributed by atoms with Gasteiger partial charge in [0.15, 0.2) is 11.5 Å². The van der Waals surface area contributed by atoms with E-state index in [4.69, 9.17) is 14.2 Å². The molecule has 1 amide bonds. The maximum atomic E-state index is 13.3. The van der Waals surface area contributed by atoms with Crippen molar-refractivity contribution in [2.45, 2.75) is 32.4 Å². The van der Waals surface area contributed by atoms with E-state index in [9.17, 15) is 4.79 Å². The van der Waals surface area contributed by atoms with E-state index in [0.29, 0.717) is 23.2 Å². The quantitative estimate of drug-likeness (QED) is 0.710. The summed E-state index contributed by atoms with van der Waals surface area (Å²) in [6, 6.07) is 12.5. The van der Waals surface area contributed by atoms with E-state index in [1.807, 2.05) is 12.1 Å². The Labute approximate surface area is 184 Å². The number of ether oxygens (including phenoxy) is 3. The van der Waals surface area contributed by atoms with Crippen LogP contribution < -0.4 is 14.2 Å². The number of nitrogens with zero attached hydrogens (tertiary/aromatic N) is 2. The number of likely N-dealkylation sites (tertiary alicyclic amines) is 1. The average molecular weight is 425 g/mol. The van der Waals surface area contributed by atoms with Crippen LogP contribution in [0.3, 0.4) is 0 Å². The Balaban J connectivity index is 1.43. The van der Waals surface area contributed by atoms with Gasteiger partial charge < -0.3 is 19.1 Å². The number of hydrogen-bond acceptors (Lipinski definition) is 5. The zero-order valence-corrected chi connectivity index (χ0v) is 18.7. The number of rotatable bonds is 6. The third-order valence-electron chi connectivity index (χ3n) is 6.43. The molecule has 0 unspecified atom stereocenters. The fourth-order valence-electron chi connectivity index (χ4n) is 4.83. The molecule has 31 heavy (non-hydrogen) atoms. The molecule has 6 heteroatoms. The average Bonchev–Trinajstić information content (AvgIpc) is 2.82. The second-order valence-corrected chi connectivity index (χ2v) is 8.39. The summed E-state index contributed by atoms with van der Waals surface area (Å²) in [4.78, 5) is 17.7. The van der Waals surface area contributed by atoms with E-state index in [1.54, 1.807) is 21.3 Å². The number of hydrogen-bond donors (Lipinski definition) is 0. The Hall–Kier alpha value is -2.73. The molecule has 1 saturated heterocycles. The largest absolute Gasteiger partial charge is 0.493 e. The molecule has 2 heterocycles. The van der Waals surface area contributed by atoms with Crippen LogP contribution in [-0.4, -0.2) is 56.7 Å². The van der Waals surface area contributed by atoms with E-state index >= 15 is 0 Å². The van der Waals surface area contributed by atoms with Gasteiger partial charge in [-0.3, -0.25) is 9.69 Å². The second kappa shape index (κ2) is 9.60. The number of carbonyl (C=O) groups excluding carboxylic acids is 1. The van der Waals surface area contributed by atoms with Crippen molar-refractivity contribution in [2.75, 3.05) is 41.0 Å². The Morgan fingerprint density at radius 2 is 1.71 bits per heavy atom. The van der Waals surface area contributed by atoms with Gasteiger partial charge in [0.1, 0.15) is 0 Å². The molecule has 1 atom stereocenters. The topological polar surface area (TPSA) is 51.2 Å². The van der Waals surface area contributed by atoms with E-state index in [2.05, 4.69) is 34.1 Å². The van der Waals surface area contributed by atoms with Crippen molar-refractivity contribution in [1.82, 2.24) is 9.80 Å². The molecule has 0 saturated carbocycles. The number of benzene rings is 2. The highest BCUT2D eigenvalue weighted by atomic mass is 16.5. The van der Waals surface area contributed by atoms with Gasteiger partial charge in [-0.25, -0.2) is 0 Å². The van der Waals surface area contributed by atoms with Crippen molar-refractivity contribution in [3.63, 3.8) is 0 Å². The lowest BCUT2D eigenvalue weighted by atomic mass is 9.93. The highest BCUT2D eigenvalue weighted by molar-refractivity contribution is 5.79. The maximum absolute atomic E-state index is 13.3. The van der Waals surface area contributed by atoms with Gasteiger partial charge in [-0.05, 0) is 54.6 Å². The first-order valence-electron chi connectivity index (χ1n) is 11.0. The normalized spacial score (nSPS) is 18.9. The second-order valence-electron chi connectivity index (χ2n) is 8.39. The molecule has 0 aromatic heterocycles. The molecule has 2 aromatic rings. The summed E-state index contributed by atoms with van der Waals surface area (Å²) in [6.07, 6.45) is 2.94. The van der Waals surface area contributed by atoms with Crippen LogP contribution >= 0.6 is 0 Å². The Morgan fingerprint density at radius 1 is 1.00 bits per heavy atom. The molecular formula is C25H32N2O4. The standard InChI is InChI=1S/C25H32N2O4/c1-29-22-13-18(14-23(30-2)24(22)31-3)15-26-11-6-9-21(16-26)25(28)27-12-10-19-7-4-5-8-20(19)17-27/h4-5,7-8,13-14,21H,6,9-12,15-17H2,1-3H3/t21-/m0/s1. The lowest BCUT2D eigenvalue weighted by Crippen LogP contribution is -2.46. The predicted octanol–water partition coefficient (Wildman–Crippen LogP) is 3.51. The van der Waals surface area contributed by atoms with Gasteiger partial charge in [0, 0.05) is 26.2 Å². The molecule has 166 valence electrons. The van der Waals surface area contributed by atoms with Gasteiger partial charge in [0.25, 0.3) is 0 Å². The SMILES string of the molecule is COc1cc(CN2CCC[C@H](C(=O)N3CCc4ccccc4C3)C2)cc(OC)c1OC. The monoisotopic (exact) mass is 424 g/mol. The molecule has 4 rings (SSSR count). The molecule has 2 aliphatic heterocycles. The number of piperidine rings is 1. The van der Waals surface area contributed by atoms with Crippen molar-refractivity contribution < 1.29 is 19.0 Å². The van der Waals surface area contributed by atoms with Crippen molar-refractivity contribution in [3.05, 3.63) is 53.1 Å². The summed E-state index contributed by atoms with van der Waals surface area (Å²) in [5.41, 5.74) is 3.75. The minimum atomic E-state index is 0.0565. The van der Waals surface area contributed by atoms with Crippen molar-refractivity contribution >= 4 is 5.91 Å². The minimum Gasteiger partial charge on any atom is -0.493 e. The first-order valence-corrected chi connectivity index (χ1v) is 11.0.